The molecule has 3 aromatic rings. The van der Waals surface area contributed by atoms with Gasteiger partial charge in [0.2, 0.25) is 0 Å². The second-order valence-corrected chi connectivity index (χ2v) is 7.50. The second kappa shape index (κ2) is 9.48. The third-order valence-corrected chi connectivity index (χ3v) is 5.43. The molecule has 0 saturated carbocycles. The maximum absolute atomic E-state index is 10.3. The van der Waals surface area contributed by atoms with Gasteiger partial charge in [-0.1, -0.05) is 36.8 Å². The van der Waals surface area contributed by atoms with Crippen molar-refractivity contribution in [2.75, 3.05) is 18.5 Å². The third-order valence-electron chi connectivity index (χ3n) is 5.43. The van der Waals surface area contributed by atoms with E-state index in [2.05, 4.69) is 44.5 Å². The number of ether oxygens (including phenoxy) is 1. The second-order valence-electron chi connectivity index (χ2n) is 7.50. The Hall–Kier alpha value is -2.59. The monoisotopic (exact) mass is 413 g/mol. The Bertz CT molecular complexity index is 951. The molecule has 9 heteroatoms. The molecule has 4 atom stereocenters. The molecule has 1 saturated heterocycles. The largest absolute Gasteiger partial charge is 0.394 e. The van der Waals surface area contributed by atoms with E-state index in [1.54, 1.807) is 4.57 Å². The summed E-state index contributed by atoms with van der Waals surface area (Å²) >= 11 is 0. The van der Waals surface area contributed by atoms with Crippen molar-refractivity contribution in [1.29, 1.82) is 0 Å². The molecule has 0 unspecified atom stereocenters. The van der Waals surface area contributed by atoms with E-state index in [1.165, 1.54) is 18.2 Å². The van der Waals surface area contributed by atoms with Crippen molar-refractivity contribution in [3.63, 3.8) is 0 Å². The maximum atomic E-state index is 10.3. The molecular weight excluding hydrogens is 386 g/mol. The fourth-order valence-corrected chi connectivity index (χ4v) is 3.76. The summed E-state index contributed by atoms with van der Waals surface area (Å²) in [4.78, 5) is 12.9. The molecule has 0 amide bonds. The first-order chi connectivity index (χ1) is 14.7. The number of benzene rings is 1. The van der Waals surface area contributed by atoms with Crippen LogP contribution >= 0.6 is 0 Å². The van der Waals surface area contributed by atoms with Crippen LogP contribution in [0.5, 0.6) is 0 Å². The summed E-state index contributed by atoms with van der Waals surface area (Å²) in [7, 11) is 0. The van der Waals surface area contributed by atoms with E-state index < -0.39 is 24.5 Å². The van der Waals surface area contributed by atoms with Gasteiger partial charge in [-0.25, -0.2) is 15.0 Å². The van der Waals surface area contributed by atoms with Crippen molar-refractivity contribution in [3.05, 3.63) is 48.5 Å². The molecule has 9 nitrogen and oxygen atoms in total. The van der Waals surface area contributed by atoms with Gasteiger partial charge in [0.1, 0.15) is 24.6 Å². The van der Waals surface area contributed by atoms with Gasteiger partial charge in [-0.3, -0.25) is 4.57 Å². The molecule has 3 heterocycles. The molecule has 1 aliphatic rings. The molecule has 1 fully saturated rings. The van der Waals surface area contributed by atoms with Crippen LogP contribution in [0.15, 0.2) is 43.0 Å². The minimum absolute atomic E-state index is 0.382. The van der Waals surface area contributed by atoms with Crippen molar-refractivity contribution >= 4 is 17.0 Å². The molecule has 2 aromatic heterocycles. The molecule has 0 radical (unpaired) electrons. The zero-order chi connectivity index (χ0) is 20.9. The van der Waals surface area contributed by atoms with E-state index in [0.717, 1.165) is 32.2 Å². The standard InChI is InChI=1S/C21H27N5O4/c27-11-15-17(28)18(29)21(30-15)26-13-25-16-19(23-12-24-20(16)26)22-10-6-2-5-9-14-7-3-1-4-8-14/h1,3-4,7-8,12-13,15,17-18,21,27-29H,2,5-6,9-11H2,(H,22,23,24)/t15-,17-,18-,21-/m1/s1. The first-order valence-corrected chi connectivity index (χ1v) is 10.3. The quantitative estimate of drug-likeness (QED) is 0.387. The molecule has 0 bridgehead atoms. The van der Waals surface area contributed by atoms with Gasteiger partial charge in [-0.05, 0) is 24.8 Å². The van der Waals surface area contributed by atoms with Gasteiger partial charge in [-0.2, -0.15) is 0 Å². The summed E-state index contributed by atoms with van der Waals surface area (Å²) in [5, 5.41) is 32.9. The minimum Gasteiger partial charge on any atom is -0.394 e. The Kier molecular flexibility index (Phi) is 6.53. The van der Waals surface area contributed by atoms with E-state index in [1.807, 2.05) is 6.07 Å². The molecule has 0 spiro atoms. The number of hydrogen-bond acceptors (Lipinski definition) is 8. The molecule has 4 N–H and O–H groups in total. The Morgan fingerprint density at radius 1 is 1.00 bits per heavy atom. The highest BCUT2D eigenvalue weighted by Gasteiger charge is 2.44. The van der Waals surface area contributed by atoms with Crippen molar-refractivity contribution in [2.24, 2.45) is 0 Å². The fourth-order valence-electron chi connectivity index (χ4n) is 3.76. The van der Waals surface area contributed by atoms with Crippen LogP contribution in [-0.2, 0) is 11.2 Å². The summed E-state index contributed by atoms with van der Waals surface area (Å²) in [6, 6.07) is 10.5. The van der Waals surface area contributed by atoms with Crippen LogP contribution in [0.4, 0.5) is 5.82 Å². The van der Waals surface area contributed by atoms with E-state index >= 15 is 0 Å². The van der Waals surface area contributed by atoms with Gasteiger partial charge in [0.05, 0.1) is 12.9 Å². The number of aryl methyl sites for hydroxylation is 1. The Labute approximate surface area is 174 Å². The van der Waals surface area contributed by atoms with E-state index in [9.17, 15) is 15.3 Å². The van der Waals surface area contributed by atoms with Crippen LogP contribution in [0, 0.1) is 0 Å². The lowest BCUT2D eigenvalue weighted by Crippen LogP contribution is -2.33. The summed E-state index contributed by atoms with van der Waals surface area (Å²) in [5.74, 6) is 0.619. The first kappa shape index (κ1) is 20.7. The number of imidazole rings is 1. The highest BCUT2D eigenvalue weighted by atomic mass is 16.6. The lowest BCUT2D eigenvalue weighted by Gasteiger charge is -2.16. The summed E-state index contributed by atoms with van der Waals surface area (Å²) < 4.78 is 7.14. The van der Waals surface area contributed by atoms with Crippen LogP contribution in [0.3, 0.4) is 0 Å². The zero-order valence-corrected chi connectivity index (χ0v) is 16.6. The smallest absolute Gasteiger partial charge is 0.167 e. The molecule has 0 aliphatic carbocycles. The third kappa shape index (κ3) is 4.29. The average molecular weight is 413 g/mol. The number of aliphatic hydroxyl groups is 3. The fraction of sp³-hybridized carbons (Fsp3) is 0.476. The van der Waals surface area contributed by atoms with Crippen LogP contribution < -0.4 is 5.32 Å². The number of fused-ring (bicyclic) bond motifs is 1. The number of aliphatic hydroxyl groups excluding tert-OH is 3. The van der Waals surface area contributed by atoms with Crippen molar-refractivity contribution in [3.8, 4) is 0 Å². The van der Waals surface area contributed by atoms with E-state index in [4.69, 9.17) is 4.74 Å². The van der Waals surface area contributed by atoms with Crippen LogP contribution in [-0.4, -0.2) is 66.3 Å². The molecule has 1 aliphatic heterocycles. The predicted octanol–water partition coefficient (Wildman–Crippen LogP) is 1.26. The lowest BCUT2D eigenvalue weighted by atomic mass is 10.1. The number of aromatic nitrogens is 4. The van der Waals surface area contributed by atoms with Crippen molar-refractivity contribution in [1.82, 2.24) is 19.5 Å². The highest BCUT2D eigenvalue weighted by Crippen LogP contribution is 2.32. The molecule has 4 rings (SSSR count). The normalized spacial score (nSPS) is 23.8. The van der Waals surface area contributed by atoms with Crippen LogP contribution in [0.25, 0.3) is 11.2 Å². The van der Waals surface area contributed by atoms with Crippen molar-refractivity contribution in [2.45, 2.75) is 50.2 Å². The Morgan fingerprint density at radius 2 is 1.83 bits per heavy atom. The zero-order valence-electron chi connectivity index (χ0n) is 16.6. The number of unbranched alkanes of at least 4 members (excludes halogenated alkanes) is 2. The Morgan fingerprint density at radius 3 is 2.60 bits per heavy atom. The highest BCUT2D eigenvalue weighted by molar-refractivity contribution is 5.82. The number of nitrogens with zero attached hydrogens (tertiary/aromatic N) is 4. The van der Waals surface area contributed by atoms with Gasteiger partial charge in [0, 0.05) is 6.54 Å². The lowest BCUT2D eigenvalue weighted by molar-refractivity contribution is -0.0511. The maximum Gasteiger partial charge on any atom is 0.167 e. The van der Waals surface area contributed by atoms with Gasteiger partial charge in [-0.15, -0.1) is 0 Å². The van der Waals surface area contributed by atoms with Crippen molar-refractivity contribution < 1.29 is 20.1 Å². The van der Waals surface area contributed by atoms with Gasteiger partial charge in [0.25, 0.3) is 0 Å². The Balaban J connectivity index is 1.34. The van der Waals surface area contributed by atoms with Gasteiger partial charge < -0.3 is 25.4 Å². The number of rotatable bonds is 9. The number of hydrogen-bond donors (Lipinski definition) is 4. The predicted molar refractivity (Wildman–Crippen MR) is 111 cm³/mol. The first-order valence-electron chi connectivity index (χ1n) is 10.3. The van der Waals surface area contributed by atoms with E-state index in [0.29, 0.717) is 17.0 Å². The molecular formula is C21H27N5O4. The SMILES string of the molecule is OC[C@H]1O[C@@H](n2cnc3c(NCCCCCc4ccccc4)ncnc32)[C@H](O)[C@@H]1O. The topological polar surface area (TPSA) is 126 Å². The van der Waals surface area contributed by atoms with Crippen LogP contribution in [0.2, 0.25) is 0 Å². The summed E-state index contributed by atoms with van der Waals surface area (Å²) in [6.45, 7) is 0.384. The van der Waals surface area contributed by atoms with Crippen LogP contribution in [0.1, 0.15) is 31.1 Å². The average Bonchev–Trinajstić information content (AvgIpc) is 3.33. The van der Waals surface area contributed by atoms with E-state index in [-0.39, 0.29) is 6.61 Å². The summed E-state index contributed by atoms with van der Waals surface area (Å²) in [6.07, 6.45) is 3.17. The summed E-state index contributed by atoms with van der Waals surface area (Å²) in [5.41, 5.74) is 2.42. The minimum atomic E-state index is -1.18. The number of anilines is 1. The molecule has 1 aromatic carbocycles. The molecule has 30 heavy (non-hydrogen) atoms. The van der Waals surface area contributed by atoms with Gasteiger partial charge >= 0.3 is 0 Å². The van der Waals surface area contributed by atoms with Gasteiger partial charge in [0.15, 0.2) is 23.2 Å². The number of nitrogens with one attached hydrogen (secondary N) is 1. The molecule has 160 valence electrons.